The number of nitrogens with zero attached hydrogens (tertiary/aromatic N) is 2. The molecule has 2 rings (SSSR count). The highest BCUT2D eigenvalue weighted by Crippen LogP contribution is 2.18. The lowest BCUT2D eigenvalue weighted by atomic mass is 10.1. The number of amides is 2. The van der Waals surface area contributed by atoms with Crippen LogP contribution in [0.25, 0.3) is 0 Å². The molecule has 0 aliphatic rings. The standard InChI is InChI=1S/C27H39N3O4S/c1-5-22(3)28-27(32)25(6-2)29(21-19-23-14-9-7-10-15-23)26(31)18-13-20-30(35(4,33)34)24-16-11-8-12-17-24/h7-12,14-17,22,25H,5-6,13,18-21H2,1-4H3,(H,28,32)/t22-,25+/m1/s1. The molecule has 0 saturated carbocycles. The van der Waals surface area contributed by atoms with E-state index in [1.54, 1.807) is 29.2 Å². The molecule has 0 aliphatic heterocycles. The van der Waals surface area contributed by atoms with E-state index in [1.807, 2.05) is 57.2 Å². The predicted molar refractivity (Wildman–Crippen MR) is 142 cm³/mol. The van der Waals surface area contributed by atoms with Crippen LogP contribution in [0.4, 0.5) is 5.69 Å². The van der Waals surface area contributed by atoms with Gasteiger partial charge in [-0.15, -0.1) is 0 Å². The van der Waals surface area contributed by atoms with Gasteiger partial charge in [0.25, 0.3) is 0 Å². The molecule has 7 nitrogen and oxygen atoms in total. The minimum absolute atomic E-state index is 0.0248. The Balaban J connectivity index is 2.14. The number of carbonyl (C=O) groups excluding carboxylic acids is 2. The van der Waals surface area contributed by atoms with Crippen molar-refractivity contribution in [3.63, 3.8) is 0 Å². The molecule has 2 atom stereocenters. The van der Waals surface area contributed by atoms with Crippen LogP contribution in [0, 0.1) is 0 Å². The lowest BCUT2D eigenvalue weighted by Gasteiger charge is -2.32. The summed E-state index contributed by atoms with van der Waals surface area (Å²) >= 11 is 0. The zero-order valence-electron chi connectivity index (χ0n) is 21.3. The van der Waals surface area contributed by atoms with Crippen LogP contribution in [0.1, 0.15) is 52.0 Å². The van der Waals surface area contributed by atoms with Crippen molar-refractivity contribution in [1.29, 1.82) is 0 Å². The van der Waals surface area contributed by atoms with Crippen LogP contribution < -0.4 is 9.62 Å². The summed E-state index contributed by atoms with van der Waals surface area (Å²) in [5.74, 6) is -0.293. The van der Waals surface area contributed by atoms with Gasteiger partial charge in [0, 0.05) is 25.6 Å². The monoisotopic (exact) mass is 501 g/mol. The molecule has 0 unspecified atom stereocenters. The van der Waals surface area contributed by atoms with Gasteiger partial charge in [-0.2, -0.15) is 0 Å². The van der Waals surface area contributed by atoms with E-state index >= 15 is 0 Å². The first-order valence-corrected chi connectivity index (χ1v) is 14.2. The average Bonchev–Trinajstić information content (AvgIpc) is 2.84. The van der Waals surface area contributed by atoms with Gasteiger partial charge < -0.3 is 10.2 Å². The van der Waals surface area contributed by atoms with E-state index in [4.69, 9.17) is 0 Å². The van der Waals surface area contributed by atoms with Gasteiger partial charge in [0.1, 0.15) is 6.04 Å². The topological polar surface area (TPSA) is 86.8 Å². The van der Waals surface area contributed by atoms with Gasteiger partial charge in [-0.25, -0.2) is 8.42 Å². The lowest BCUT2D eigenvalue weighted by Crippen LogP contribution is -2.51. The summed E-state index contributed by atoms with van der Waals surface area (Å²) in [6.45, 7) is 6.47. The number of para-hydroxylation sites is 1. The van der Waals surface area contributed by atoms with Crippen molar-refractivity contribution in [1.82, 2.24) is 10.2 Å². The van der Waals surface area contributed by atoms with Crippen molar-refractivity contribution in [3.8, 4) is 0 Å². The molecule has 2 aromatic carbocycles. The third-order valence-corrected chi connectivity index (χ3v) is 7.26. The number of rotatable bonds is 14. The minimum Gasteiger partial charge on any atom is -0.352 e. The predicted octanol–water partition coefficient (Wildman–Crippen LogP) is 4.00. The highest BCUT2D eigenvalue weighted by Gasteiger charge is 2.29. The Morgan fingerprint density at radius 3 is 2.06 bits per heavy atom. The summed E-state index contributed by atoms with van der Waals surface area (Å²) in [5.41, 5.74) is 1.66. The van der Waals surface area contributed by atoms with E-state index in [9.17, 15) is 18.0 Å². The lowest BCUT2D eigenvalue weighted by molar-refractivity contribution is -0.141. The molecule has 0 aromatic heterocycles. The molecule has 2 aromatic rings. The van der Waals surface area contributed by atoms with E-state index in [1.165, 1.54) is 10.6 Å². The van der Waals surface area contributed by atoms with Crippen LogP contribution in [0.2, 0.25) is 0 Å². The third kappa shape index (κ3) is 9.02. The molecule has 0 aliphatic carbocycles. The molecule has 0 heterocycles. The highest BCUT2D eigenvalue weighted by atomic mass is 32.2. The van der Waals surface area contributed by atoms with Crippen molar-refractivity contribution < 1.29 is 18.0 Å². The van der Waals surface area contributed by atoms with Gasteiger partial charge >= 0.3 is 0 Å². The Kier molecular flexibility index (Phi) is 11.2. The Morgan fingerprint density at radius 1 is 0.914 bits per heavy atom. The fraction of sp³-hybridized carbons (Fsp3) is 0.481. The van der Waals surface area contributed by atoms with Crippen molar-refractivity contribution in [2.24, 2.45) is 0 Å². The average molecular weight is 502 g/mol. The highest BCUT2D eigenvalue weighted by molar-refractivity contribution is 7.92. The number of carbonyl (C=O) groups is 2. The van der Waals surface area contributed by atoms with Crippen LogP contribution in [-0.2, 0) is 26.0 Å². The Hall–Kier alpha value is -2.87. The quantitative estimate of drug-likeness (QED) is 0.424. The van der Waals surface area contributed by atoms with E-state index in [0.29, 0.717) is 31.5 Å². The summed E-state index contributed by atoms with van der Waals surface area (Å²) in [6.07, 6.45) is 3.62. The summed E-state index contributed by atoms with van der Waals surface area (Å²) in [6, 6.07) is 18.2. The van der Waals surface area contributed by atoms with Gasteiger partial charge in [-0.05, 0) is 50.3 Å². The molecule has 0 saturated heterocycles. The number of hydrogen-bond donors (Lipinski definition) is 1. The Labute approximate surface area is 210 Å². The first-order valence-electron chi connectivity index (χ1n) is 12.3. The summed E-state index contributed by atoms with van der Waals surface area (Å²) in [4.78, 5) is 28.0. The van der Waals surface area contributed by atoms with Crippen LogP contribution in [0.3, 0.4) is 0 Å². The SMILES string of the molecule is CC[C@@H](C)NC(=O)[C@H](CC)N(CCc1ccccc1)C(=O)CCCN(c1ccccc1)S(C)(=O)=O. The van der Waals surface area contributed by atoms with Crippen LogP contribution >= 0.6 is 0 Å². The maximum absolute atomic E-state index is 13.4. The fourth-order valence-electron chi connectivity index (χ4n) is 3.94. The van der Waals surface area contributed by atoms with Gasteiger partial charge in [0.2, 0.25) is 21.8 Å². The first kappa shape index (κ1) is 28.4. The molecule has 0 spiro atoms. The summed E-state index contributed by atoms with van der Waals surface area (Å²) in [5, 5.41) is 3.01. The molecular formula is C27H39N3O4S. The van der Waals surface area contributed by atoms with E-state index in [2.05, 4.69) is 5.32 Å². The maximum atomic E-state index is 13.4. The van der Waals surface area contributed by atoms with Crippen LogP contribution in [-0.4, -0.2) is 56.6 Å². The largest absolute Gasteiger partial charge is 0.352 e. The molecule has 0 fully saturated rings. The van der Waals surface area contributed by atoms with Crippen molar-refractivity contribution in [3.05, 3.63) is 66.2 Å². The molecule has 1 N–H and O–H groups in total. The second kappa shape index (κ2) is 13.9. The Bertz CT molecular complexity index is 1030. The number of sulfonamides is 1. The second-order valence-corrected chi connectivity index (χ2v) is 10.7. The Morgan fingerprint density at radius 2 is 1.51 bits per heavy atom. The fourth-order valence-corrected chi connectivity index (χ4v) is 4.90. The third-order valence-electron chi connectivity index (χ3n) is 6.07. The van der Waals surface area contributed by atoms with Crippen LogP contribution in [0.15, 0.2) is 60.7 Å². The molecule has 0 radical (unpaired) electrons. The van der Waals surface area contributed by atoms with Gasteiger partial charge in [0.05, 0.1) is 11.9 Å². The van der Waals surface area contributed by atoms with Gasteiger partial charge in [-0.3, -0.25) is 13.9 Å². The van der Waals surface area contributed by atoms with Gasteiger partial charge in [-0.1, -0.05) is 62.4 Å². The maximum Gasteiger partial charge on any atom is 0.243 e. The van der Waals surface area contributed by atoms with Gasteiger partial charge in [0.15, 0.2) is 0 Å². The number of benzene rings is 2. The normalized spacial score (nSPS) is 13.0. The van der Waals surface area contributed by atoms with Crippen molar-refractivity contribution >= 4 is 27.5 Å². The van der Waals surface area contributed by atoms with Crippen molar-refractivity contribution in [2.45, 2.75) is 65.0 Å². The van der Waals surface area contributed by atoms with E-state index < -0.39 is 16.1 Å². The molecule has 192 valence electrons. The van der Waals surface area contributed by atoms with E-state index in [-0.39, 0.29) is 30.8 Å². The molecule has 0 bridgehead atoms. The van der Waals surface area contributed by atoms with Crippen molar-refractivity contribution in [2.75, 3.05) is 23.7 Å². The first-order chi connectivity index (χ1) is 16.7. The smallest absolute Gasteiger partial charge is 0.243 e. The zero-order chi connectivity index (χ0) is 25.8. The summed E-state index contributed by atoms with van der Waals surface area (Å²) < 4.78 is 26.0. The minimum atomic E-state index is -3.49. The summed E-state index contributed by atoms with van der Waals surface area (Å²) in [7, 11) is -3.49. The second-order valence-electron chi connectivity index (χ2n) is 8.84. The van der Waals surface area contributed by atoms with Crippen LogP contribution in [0.5, 0.6) is 0 Å². The van der Waals surface area contributed by atoms with E-state index in [0.717, 1.165) is 12.0 Å². The number of hydrogen-bond acceptors (Lipinski definition) is 4. The number of nitrogens with one attached hydrogen (secondary N) is 1. The molecule has 35 heavy (non-hydrogen) atoms. The number of anilines is 1. The molecule has 2 amide bonds. The molecule has 8 heteroatoms. The molecular weight excluding hydrogens is 462 g/mol. The zero-order valence-corrected chi connectivity index (χ0v) is 22.1.